The van der Waals surface area contributed by atoms with Gasteiger partial charge in [-0.05, 0) is 53.2 Å². The Labute approximate surface area is 268 Å². The molecule has 0 saturated heterocycles. The van der Waals surface area contributed by atoms with Crippen LogP contribution in [0.2, 0.25) is 0 Å². The largest absolute Gasteiger partial charge is 1.00 e. The monoisotopic (exact) mass is 603 g/mol. The summed E-state index contributed by atoms with van der Waals surface area (Å²) >= 11 is 0. The maximum Gasteiger partial charge on any atom is 1.00 e. The molecule has 10 nitrogen and oxygen atoms in total. The Kier molecular flexibility index (Phi) is 14.9. The SMILES string of the molecule is COc1ccc(C(C)(C)c2ncn(C)n2)cc1[S-](=O)=O.[CH2-]c1ccc(OC)cc1OC.[CH2-]c1ccc(OC)cc1OC.[Li+]. The number of aryl methyl sites for hydroxylation is 1. The van der Waals surface area contributed by atoms with E-state index >= 15 is 0 Å². The van der Waals surface area contributed by atoms with E-state index in [4.69, 9.17) is 23.7 Å². The van der Waals surface area contributed by atoms with E-state index in [9.17, 15) is 8.42 Å². The summed E-state index contributed by atoms with van der Waals surface area (Å²) in [4.78, 5) is 4.38. The number of aromatic nitrogens is 3. The molecule has 0 aliphatic carbocycles. The van der Waals surface area contributed by atoms with Crippen LogP contribution in [-0.4, -0.2) is 50.3 Å². The Hall–Kier alpha value is -3.91. The summed E-state index contributed by atoms with van der Waals surface area (Å²) < 4.78 is 49.3. The molecule has 12 heteroatoms. The van der Waals surface area contributed by atoms with E-state index in [1.807, 2.05) is 56.3 Å². The average molecular weight is 604 g/mol. The number of rotatable bonds is 8. The van der Waals surface area contributed by atoms with Crippen molar-refractivity contribution >= 4 is 10.7 Å². The first-order valence-electron chi connectivity index (χ1n) is 12.6. The molecular weight excluding hydrogens is 565 g/mol. The zero-order valence-electron chi connectivity index (χ0n) is 26.3. The van der Waals surface area contributed by atoms with Crippen LogP contribution in [0.15, 0.2) is 65.8 Å². The summed E-state index contributed by atoms with van der Waals surface area (Å²) in [5.74, 6) is 4.04. The van der Waals surface area contributed by atoms with Gasteiger partial charge in [-0.3, -0.25) is 4.68 Å². The van der Waals surface area contributed by atoms with Crippen molar-refractivity contribution in [3.05, 3.63) is 97.3 Å². The van der Waals surface area contributed by atoms with E-state index in [0.717, 1.165) is 39.7 Å². The van der Waals surface area contributed by atoms with Gasteiger partial charge in [0.15, 0.2) is 5.82 Å². The maximum absolute atomic E-state index is 11.3. The van der Waals surface area contributed by atoms with Gasteiger partial charge < -0.3 is 32.1 Å². The van der Waals surface area contributed by atoms with Crippen molar-refractivity contribution in [3.8, 4) is 28.7 Å². The molecule has 0 aliphatic rings. The maximum atomic E-state index is 11.3. The first-order chi connectivity index (χ1) is 19.9. The molecule has 0 saturated carbocycles. The van der Waals surface area contributed by atoms with Gasteiger partial charge in [-0.2, -0.15) is 42.2 Å². The Morgan fingerprint density at radius 2 is 1.21 bits per heavy atom. The molecule has 1 heterocycles. The molecule has 0 amide bonds. The van der Waals surface area contributed by atoms with Gasteiger partial charge in [0, 0.05) is 18.5 Å². The zero-order valence-corrected chi connectivity index (χ0v) is 27.1. The normalized spacial score (nSPS) is 10.3. The Morgan fingerprint density at radius 3 is 1.58 bits per heavy atom. The van der Waals surface area contributed by atoms with Gasteiger partial charge in [0.2, 0.25) is 0 Å². The minimum atomic E-state index is -2.36. The molecular formula is C31H38LiN3O7S-2. The van der Waals surface area contributed by atoms with Gasteiger partial charge in [0.1, 0.15) is 12.1 Å². The minimum Gasteiger partial charge on any atom is -0.553 e. The van der Waals surface area contributed by atoms with Gasteiger partial charge in [-0.1, -0.05) is 24.3 Å². The number of hydrogen-bond acceptors (Lipinski definition) is 10. The Balaban J connectivity index is 0.000000344. The molecule has 1 aromatic heterocycles. The second-order valence-corrected chi connectivity index (χ2v) is 10.2. The topological polar surface area (TPSA) is 111 Å². The van der Waals surface area contributed by atoms with E-state index in [-0.39, 0.29) is 23.8 Å². The molecule has 0 fully saturated rings. The van der Waals surface area contributed by atoms with Crippen molar-refractivity contribution in [2.75, 3.05) is 35.5 Å². The molecule has 0 unspecified atom stereocenters. The molecule has 0 bridgehead atoms. The number of ether oxygens (including phenoxy) is 5. The summed E-state index contributed by atoms with van der Waals surface area (Å²) in [6.45, 7) is 11.5. The number of benzene rings is 3. The molecule has 228 valence electrons. The first-order valence-corrected chi connectivity index (χ1v) is 13.7. The van der Waals surface area contributed by atoms with Crippen LogP contribution in [0.25, 0.3) is 0 Å². The molecule has 0 aliphatic heterocycles. The zero-order chi connectivity index (χ0) is 31.4. The van der Waals surface area contributed by atoms with Crippen LogP contribution in [0.3, 0.4) is 0 Å². The van der Waals surface area contributed by atoms with Crippen LogP contribution in [0.5, 0.6) is 28.7 Å². The minimum absolute atomic E-state index is 0. The third-order valence-corrected chi connectivity index (χ3v) is 6.89. The van der Waals surface area contributed by atoms with E-state index in [2.05, 4.69) is 23.9 Å². The third-order valence-electron chi connectivity index (χ3n) is 6.21. The van der Waals surface area contributed by atoms with E-state index in [1.54, 1.807) is 58.6 Å². The third kappa shape index (κ3) is 10.1. The first kappa shape index (κ1) is 37.1. The van der Waals surface area contributed by atoms with Crippen molar-refractivity contribution < 1.29 is 51.0 Å². The fourth-order valence-electron chi connectivity index (χ4n) is 3.65. The van der Waals surface area contributed by atoms with Crippen LogP contribution in [-0.2, 0) is 31.6 Å². The van der Waals surface area contributed by atoms with Gasteiger partial charge >= 0.3 is 18.9 Å². The van der Waals surface area contributed by atoms with Crippen molar-refractivity contribution in [3.63, 3.8) is 0 Å². The summed E-state index contributed by atoms with van der Waals surface area (Å²) in [6.07, 6.45) is 1.62. The Bertz CT molecular complexity index is 1480. The number of hydrogen-bond donors (Lipinski definition) is 0. The van der Waals surface area contributed by atoms with E-state index < -0.39 is 16.1 Å². The summed E-state index contributed by atoms with van der Waals surface area (Å²) in [5, 5.41) is 4.30. The van der Waals surface area contributed by atoms with Crippen molar-refractivity contribution in [2.24, 2.45) is 7.05 Å². The van der Waals surface area contributed by atoms with Crippen molar-refractivity contribution in [1.29, 1.82) is 0 Å². The summed E-state index contributed by atoms with van der Waals surface area (Å²) in [6, 6.07) is 16.1. The van der Waals surface area contributed by atoms with Gasteiger partial charge in [0.25, 0.3) is 0 Å². The molecule has 3 aromatic carbocycles. The van der Waals surface area contributed by atoms with Crippen molar-refractivity contribution in [1.82, 2.24) is 14.8 Å². The molecule has 0 spiro atoms. The molecule has 4 aromatic rings. The standard InChI is InChI=1S/C13H16N3O3S.2C9H11O2.Li/c1-13(2,12-14-8-16(3)15-12)9-5-6-10(19-4)11(7-9)20(17)18;2*1-7-4-5-8(10-2)6-9(7)11-3;/h5-8H,1-4H3;2*4-6H,1H2,2-3H3;/q3*-1;+1. The van der Waals surface area contributed by atoms with Crippen LogP contribution in [0.4, 0.5) is 0 Å². The van der Waals surface area contributed by atoms with E-state index in [1.165, 1.54) is 7.11 Å². The van der Waals surface area contributed by atoms with E-state index in [0.29, 0.717) is 11.6 Å². The summed E-state index contributed by atoms with van der Waals surface area (Å²) in [5.41, 5.74) is 2.05. The van der Waals surface area contributed by atoms with Crippen LogP contribution < -0.4 is 42.5 Å². The van der Waals surface area contributed by atoms with Crippen molar-refractivity contribution in [2.45, 2.75) is 24.2 Å². The second kappa shape index (κ2) is 17.3. The van der Waals surface area contributed by atoms with Gasteiger partial charge in [-0.25, -0.2) is 4.98 Å². The quantitative estimate of drug-likeness (QED) is 0.171. The van der Waals surface area contributed by atoms with Gasteiger partial charge in [-0.15, -0.1) is 0 Å². The molecule has 0 radical (unpaired) electrons. The van der Waals surface area contributed by atoms with Crippen LogP contribution in [0, 0.1) is 13.8 Å². The smallest absolute Gasteiger partial charge is 0.553 e. The van der Waals surface area contributed by atoms with Gasteiger partial charge in [0.05, 0.1) is 52.5 Å². The number of nitrogens with zero attached hydrogens (tertiary/aromatic N) is 3. The molecule has 0 atom stereocenters. The second-order valence-electron chi connectivity index (χ2n) is 9.32. The fourth-order valence-corrected chi connectivity index (χ4v) is 4.19. The molecule has 43 heavy (non-hydrogen) atoms. The number of methoxy groups -OCH3 is 5. The Morgan fingerprint density at radius 1 is 0.721 bits per heavy atom. The average Bonchev–Trinajstić information content (AvgIpc) is 3.45. The predicted molar refractivity (Wildman–Crippen MR) is 161 cm³/mol. The predicted octanol–water partition coefficient (Wildman–Crippen LogP) is 2.59. The summed E-state index contributed by atoms with van der Waals surface area (Å²) in [7, 11) is 7.35. The molecule has 4 rings (SSSR count). The fraction of sp³-hybridized carbons (Fsp3) is 0.290. The molecule has 0 N–H and O–H groups in total. The van der Waals surface area contributed by atoms with Crippen LogP contribution in [0.1, 0.15) is 36.4 Å². The van der Waals surface area contributed by atoms with Crippen LogP contribution >= 0.6 is 0 Å².